The Hall–Kier alpha value is -2.41. The fourth-order valence-corrected chi connectivity index (χ4v) is 3.10. The van der Waals surface area contributed by atoms with Crippen LogP contribution in [-0.4, -0.2) is 66.3 Å². The molecule has 7 heteroatoms. The number of carbonyl (C=O) groups is 3. The summed E-state index contributed by atoms with van der Waals surface area (Å²) < 4.78 is 0. The van der Waals surface area contributed by atoms with Crippen molar-refractivity contribution < 1.29 is 14.4 Å². The number of amides is 3. The van der Waals surface area contributed by atoms with E-state index >= 15 is 0 Å². The molecule has 1 aromatic rings. The highest BCUT2D eigenvalue weighted by molar-refractivity contribution is 5.96. The maximum atomic E-state index is 12.3. The largest absolute Gasteiger partial charge is 0.346 e. The quantitative estimate of drug-likeness (QED) is 0.818. The Kier molecular flexibility index (Phi) is 6.74. The highest BCUT2D eigenvalue weighted by Gasteiger charge is 2.26. The molecule has 0 radical (unpaired) electrons. The van der Waals surface area contributed by atoms with Gasteiger partial charge in [-0.15, -0.1) is 0 Å². The first kappa shape index (κ1) is 19.9. The highest BCUT2D eigenvalue weighted by atomic mass is 16.2. The van der Waals surface area contributed by atoms with Gasteiger partial charge in [-0.3, -0.25) is 19.3 Å². The van der Waals surface area contributed by atoms with Crippen molar-refractivity contribution in [2.75, 3.05) is 38.0 Å². The van der Waals surface area contributed by atoms with Crippen molar-refractivity contribution in [1.82, 2.24) is 15.1 Å². The van der Waals surface area contributed by atoms with E-state index in [0.29, 0.717) is 26.2 Å². The molecule has 1 heterocycles. The number of aryl methyl sites for hydroxylation is 2. The summed E-state index contributed by atoms with van der Waals surface area (Å²) in [5.74, 6) is -0.368. The predicted molar refractivity (Wildman–Crippen MR) is 101 cm³/mol. The van der Waals surface area contributed by atoms with E-state index in [1.807, 2.05) is 43.9 Å². The Morgan fingerprint density at radius 1 is 1.08 bits per heavy atom. The Morgan fingerprint density at radius 3 is 2.19 bits per heavy atom. The van der Waals surface area contributed by atoms with E-state index in [0.717, 1.165) is 16.8 Å². The normalized spacial score (nSPS) is 16.1. The molecule has 0 bridgehead atoms. The van der Waals surface area contributed by atoms with E-state index in [9.17, 15) is 14.4 Å². The summed E-state index contributed by atoms with van der Waals surface area (Å²) in [4.78, 5) is 39.7. The number of nitrogens with one attached hydrogen (secondary N) is 2. The first-order valence-corrected chi connectivity index (χ1v) is 8.93. The van der Waals surface area contributed by atoms with Gasteiger partial charge in [0.2, 0.25) is 17.7 Å². The van der Waals surface area contributed by atoms with Crippen LogP contribution in [0, 0.1) is 13.8 Å². The van der Waals surface area contributed by atoms with Crippen LogP contribution in [0.2, 0.25) is 0 Å². The van der Waals surface area contributed by atoms with Crippen LogP contribution in [0.5, 0.6) is 0 Å². The molecule has 0 saturated carbocycles. The summed E-state index contributed by atoms with van der Waals surface area (Å²) in [5.41, 5.74) is 2.77. The zero-order valence-electron chi connectivity index (χ0n) is 16.0. The van der Waals surface area contributed by atoms with Crippen LogP contribution >= 0.6 is 0 Å². The van der Waals surface area contributed by atoms with Crippen molar-refractivity contribution in [1.29, 1.82) is 0 Å². The van der Waals surface area contributed by atoms with E-state index in [-0.39, 0.29) is 30.3 Å². The number of hydrogen-bond acceptors (Lipinski definition) is 4. The van der Waals surface area contributed by atoms with Crippen LogP contribution in [0.3, 0.4) is 0 Å². The van der Waals surface area contributed by atoms with Gasteiger partial charge in [0, 0.05) is 38.8 Å². The SMILES string of the molecule is CC(=O)N1CCN([C@@H](C)C(=O)NCC(=O)Nc2c(C)cccc2C)CC1. The van der Waals surface area contributed by atoms with E-state index in [1.165, 1.54) is 0 Å². The molecule has 0 spiro atoms. The summed E-state index contributed by atoms with van der Waals surface area (Å²) in [6, 6.07) is 5.47. The van der Waals surface area contributed by atoms with Crippen LogP contribution in [-0.2, 0) is 14.4 Å². The number of anilines is 1. The Bertz CT molecular complexity index is 661. The van der Waals surface area contributed by atoms with Crippen molar-refractivity contribution in [2.24, 2.45) is 0 Å². The Morgan fingerprint density at radius 2 is 1.65 bits per heavy atom. The second-order valence-corrected chi connectivity index (χ2v) is 6.75. The van der Waals surface area contributed by atoms with Crippen molar-refractivity contribution in [2.45, 2.75) is 33.7 Å². The summed E-state index contributed by atoms with van der Waals surface area (Å²) in [6.45, 7) is 9.74. The van der Waals surface area contributed by atoms with E-state index < -0.39 is 0 Å². The molecule has 2 rings (SSSR count). The molecule has 0 aliphatic carbocycles. The van der Waals surface area contributed by atoms with Crippen molar-refractivity contribution >= 4 is 23.4 Å². The lowest BCUT2D eigenvalue weighted by molar-refractivity contribution is -0.132. The van der Waals surface area contributed by atoms with Gasteiger partial charge in [-0.2, -0.15) is 0 Å². The zero-order chi connectivity index (χ0) is 19.3. The number of piperazine rings is 1. The van der Waals surface area contributed by atoms with Gasteiger partial charge in [0.1, 0.15) is 0 Å². The lowest BCUT2D eigenvalue weighted by Crippen LogP contribution is -2.55. The third-order valence-corrected chi connectivity index (χ3v) is 4.86. The molecule has 1 aliphatic heterocycles. The number of rotatable bonds is 5. The lowest BCUT2D eigenvalue weighted by Gasteiger charge is -2.37. The average Bonchev–Trinajstić information content (AvgIpc) is 2.62. The summed E-state index contributed by atoms with van der Waals surface area (Å²) in [7, 11) is 0. The lowest BCUT2D eigenvalue weighted by atomic mass is 10.1. The van der Waals surface area contributed by atoms with Gasteiger partial charge in [0.15, 0.2) is 0 Å². The molecule has 3 amide bonds. The van der Waals surface area contributed by atoms with Gasteiger partial charge >= 0.3 is 0 Å². The molecule has 0 aromatic heterocycles. The highest BCUT2D eigenvalue weighted by Crippen LogP contribution is 2.19. The molecule has 7 nitrogen and oxygen atoms in total. The molecule has 1 saturated heterocycles. The Labute approximate surface area is 154 Å². The van der Waals surface area contributed by atoms with Crippen LogP contribution < -0.4 is 10.6 Å². The van der Waals surface area contributed by atoms with Gasteiger partial charge < -0.3 is 15.5 Å². The van der Waals surface area contributed by atoms with Crippen LogP contribution in [0.15, 0.2) is 18.2 Å². The van der Waals surface area contributed by atoms with Crippen LogP contribution in [0.4, 0.5) is 5.69 Å². The second-order valence-electron chi connectivity index (χ2n) is 6.75. The molecular weight excluding hydrogens is 332 g/mol. The first-order chi connectivity index (χ1) is 12.3. The maximum absolute atomic E-state index is 12.3. The fourth-order valence-electron chi connectivity index (χ4n) is 3.10. The summed E-state index contributed by atoms with van der Waals surface area (Å²) >= 11 is 0. The van der Waals surface area contributed by atoms with Crippen molar-refractivity contribution in [3.8, 4) is 0 Å². The number of carbonyl (C=O) groups excluding carboxylic acids is 3. The minimum Gasteiger partial charge on any atom is -0.346 e. The average molecular weight is 360 g/mol. The molecule has 1 fully saturated rings. The molecule has 142 valence electrons. The third kappa shape index (κ3) is 5.05. The fraction of sp³-hybridized carbons (Fsp3) is 0.526. The molecular formula is C19H28N4O3. The third-order valence-electron chi connectivity index (χ3n) is 4.86. The van der Waals surface area contributed by atoms with Crippen LogP contribution in [0.25, 0.3) is 0 Å². The molecule has 1 aliphatic rings. The summed E-state index contributed by atoms with van der Waals surface area (Å²) in [6.07, 6.45) is 0. The maximum Gasteiger partial charge on any atom is 0.243 e. The molecule has 2 N–H and O–H groups in total. The number of nitrogens with zero attached hydrogens (tertiary/aromatic N) is 2. The molecule has 26 heavy (non-hydrogen) atoms. The molecule has 1 aromatic carbocycles. The van der Waals surface area contributed by atoms with E-state index in [4.69, 9.17) is 0 Å². The Balaban J connectivity index is 1.80. The van der Waals surface area contributed by atoms with E-state index in [1.54, 1.807) is 11.8 Å². The van der Waals surface area contributed by atoms with Gasteiger partial charge in [-0.05, 0) is 31.9 Å². The number of hydrogen-bond donors (Lipinski definition) is 2. The first-order valence-electron chi connectivity index (χ1n) is 8.93. The molecule has 0 unspecified atom stereocenters. The standard InChI is InChI=1S/C19H28N4O3/c1-13-6-5-7-14(2)18(13)21-17(25)12-20-19(26)15(3)22-8-10-23(11-9-22)16(4)24/h5-7,15H,8-12H2,1-4H3,(H,20,26)(H,21,25)/t15-/m0/s1. The van der Waals surface area contributed by atoms with Crippen molar-refractivity contribution in [3.05, 3.63) is 29.3 Å². The predicted octanol–water partition coefficient (Wildman–Crippen LogP) is 0.911. The van der Waals surface area contributed by atoms with Crippen molar-refractivity contribution in [3.63, 3.8) is 0 Å². The van der Waals surface area contributed by atoms with Gasteiger partial charge in [0.25, 0.3) is 0 Å². The minimum absolute atomic E-state index is 0.0601. The van der Waals surface area contributed by atoms with Crippen LogP contribution in [0.1, 0.15) is 25.0 Å². The number of benzene rings is 1. The summed E-state index contributed by atoms with van der Waals surface area (Å²) in [5, 5.41) is 5.56. The monoisotopic (exact) mass is 360 g/mol. The second kappa shape index (κ2) is 8.80. The van der Waals surface area contributed by atoms with Gasteiger partial charge in [-0.1, -0.05) is 18.2 Å². The minimum atomic E-state index is -0.336. The molecule has 1 atom stereocenters. The topological polar surface area (TPSA) is 81.8 Å². The zero-order valence-corrected chi connectivity index (χ0v) is 16.0. The van der Waals surface area contributed by atoms with Gasteiger partial charge in [0.05, 0.1) is 12.6 Å². The van der Waals surface area contributed by atoms with E-state index in [2.05, 4.69) is 10.6 Å². The smallest absolute Gasteiger partial charge is 0.243 e. The number of para-hydroxylation sites is 1. The van der Waals surface area contributed by atoms with Gasteiger partial charge in [-0.25, -0.2) is 0 Å².